The van der Waals surface area contributed by atoms with Gasteiger partial charge in [-0.05, 0) is 163 Å². The van der Waals surface area contributed by atoms with Gasteiger partial charge in [-0.25, -0.2) is 0 Å². The summed E-state index contributed by atoms with van der Waals surface area (Å²) in [5.74, 6) is 1.03. The van der Waals surface area contributed by atoms with Gasteiger partial charge in [0.25, 0.3) is 11.1 Å². The molecule has 4 saturated heterocycles. The molecule has 2 aliphatic carbocycles. The molecular formula is C61H76N6O6Si. The lowest BCUT2D eigenvalue weighted by Crippen LogP contribution is -2.60. The van der Waals surface area contributed by atoms with Crippen LogP contribution in [-0.4, -0.2) is 93.1 Å². The Kier molecular flexibility index (Phi) is 15.7. The molecule has 0 atom stereocenters. The van der Waals surface area contributed by atoms with E-state index in [0.29, 0.717) is 35.5 Å². The van der Waals surface area contributed by atoms with Gasteiger partial charge in [-0.3, -0.25) is 18.7 Å². The molecule has 6 aromatic rings. The minimum absolute atomic E-state index is 0.0846. The summed E-state index contributed by atoms with van der Waals surface area (Å²) in [6, 6.07) is 44.3. The van der Waals surface area contributed by atoms with Crippen LogP contribution < -0.4 is 35.7 Å². The highest BCUT2D eigenvalue weighted by Crippen LogP contribution is 2.45. The third-order valence-corrected chi connectivity index (χ3v) is 16.5. The zero-order chi connectivity index (χ0) is 51.2. The second-order valence-electron chi connectivity index (χ2n) is 22.5. The van der Waals surface area contributed by atoms with Crippen LogP contribution in [0.2, 0.25) is 19.6 Å². The quantitative estimate of drug-likeness (QED) is 0.0790. The van der Waals surface area contributed by atoms with E-state index < -0.39 is 8.32 Å². The van der Waals surface area contributed by atoms with Crippen LogP contribution >= 0.6 is 0 Å². The topological polar surface area (TPSA) is 103 Å². The summed E-state index contributed by atoms with van der Waals surface area (Å²) in [4.78, 5) is 32.9. The molecule has 4 aromatic carbocycles. The van der Waals surface area contributed by atoms with Gasteiger partial charge in [0.15, 0.2) is 14.1 Å². The monoisotopic (exact) mass is 1020 g/mol. The number of ether oxygens (including phenoxy) is 3. The zero-order valence-electron chi connectivity index (χ0n) is 44.1. The van der Waals surface area contributed by atoms with E-state index in [0.717, 1.165) is 87.3 Å². The van der Waals surface area contributed by atoms with Gasteiger partial charge in [-0.15, -0.1) is 0 Å². The first-order valence-corrected chi connectivity index (χ1v) is 30.6. The Labute approximate surface area is 439 Å². The van der Waals surface area contributed by atoms with Crippen LogP contribution in [0.1, 0.15) is 69.4 Å². The second-order valence-corrected chi connectivity index (χ2v) is 26.9. The van der Waals surface area contributed by atoms with Crippen LogP contribution in [0.15, 0.2) is 155 Å². The predicted octanol–water partition coefficient (Wildman–Crippen LogP) is 10.5. The molecule has 390 valence electrons. The Balaban J connectivity index is 0.000000141. The maximum atomic E-state index is 12.7. The van der Waals surface area contributed by atoms with E-state index in [1.54, 1.807) is 33.7 Å². The molecule has 0 unspecified atom stereocenters. The summed E-state index contributed by atoms with van der Waals surface area (Å²) in [7, 11) is -1.39. The molecule has 2 saturated carbocycles. The number of anilines is 2. The smallest absolute Gasteiger partial charge is 0.258 e. The number of nitrogens with one attached hydrogen (secondary N) is 1. The van der Waals surface area contributed by atoms with E-state index in [9.17, 15) is 9.59 Å². The summed E-state index contributed by atoms with van der Waals surface area (Å²) in [5.41, 5.74) is 7.26. The molecule has 6 fully saturated rings. The van der Waals surface area contributed by atoms with Crippen LogP contribution in [0.4, 0.5) is 11.4 Å². The number of pyridine rings is 2. The third kappa shape index (κ3) is 13.1. The maximum absolute atomic E-state index is 12.7. The second kappa shape index (κ2) is 22.5. The van der Waals surface area contributed by atoms with Crippen LogP contribution in [0.25, 0.3) is 11.4 Å². The number of aromatic nitrogens is 2. The van der Waals surface area contributed by atoms with Gasteiger partial charge in [-0.1, -0.05) is 60.7 Å². The standard InChI is InChI=1S/C28H31N3O2.C25H27N3O2.C8H18O2Si/c32-27-18-26(33-19-22-4-2-1-3-5-22)12-15-31(27)25-10-8-24(9-11-25)30-20-28(21-30)13-16-29(17-14-28)23-6-7-23;29-24-16-23(30-17-20-4-2-1-3-5-20)10-15-28(24)22-8-6-21(7-9-22)27-18-25(19-27)11-13-26-14-12-25;1-5-9-8(6-7-8)10-11(2,3)4/h1-5,8-12,15,18,23H,6-7,13-14,16-17,19-21H2;1-10,15-16,26H,11-14,17-19H2;5-7H2,1-4H3. The summed E-state index contributed by atoms with van der Waals surface area (Å²) in [6.45, 7) is 19.8. The maximum Gasteiger partial charge on any atom is 0.258 e. The minimum Gasteiger partial charge on any atom is -0.489 e. The zero-order valence-corrected chi connectivity index (χ0v) is 45.1. The van der Waals surface area contributed by atoms with Gasteiger partial charge < -0.3 is 38.7 Å². The summed E-state index contributed by atoms with van der Waals surface area (Å²) < 4.78 is 26.3. The first kappa shape index (κ1) is 51.5. The lowest BCUT2D eigenvalue weighted by Gasteiger charge is -2.55. The van der Waals surface area contributed by atoms with E-state index in [-0.39, 0.29) is 16.9 Å². The predicted molar refractivity (Wildman–Crippen MR) is 299 cm³/mol. The summed E-state index contributed by atoms with van der Waals surface area (Å²) >= 11 is 0. The Morgan fingerprint density at radius 3 is 1.38 bits per heavy atom. The molecule has 0 amide bonds. The molecule has 6 heterocycles. The van der Waals surface area contributed by atoms with Gasteiger partial charge >= 0.3 is 0 Å². The minimum atomic E-state index is -1.39. The summed E-state index contributed by atoms with van der Waals surface area (Å²) in [6.07, 6.45) is 13.8. The molecule has 6 aliphatic rings. The van der Waals surface area contributed by atoms with Gasteiger partial charge in [0.1, 0.15) is 24.7 Å². The molecule has 1 N–H and O–H groups in total. The molecule has 12 rings (SSSR count). The third-order valence-electron chi connectivity index (χ3n) is 15.5. The van der Waals surface area contributed by atoms with Crippen molar-refractivity contribution < 1.29 is 18.6 Å². The van der Waals surface area contributed by atoms with Crippen LogP contribution in [0, 0.1) is 10.8 Å². The largest absolute Gasteiger partial charge is 0.489 e. The Morgan fingerprint density at radius 1 is 0.554 bits per heavy atom. The fraction of sp³-hybridized carbons (Fsp3) is 0.443. The number of piperidine rings is 2. The molecular weight excluding hydrogens is 941 g/mol. The first-order valence-electron chi connectivity index (χ1n) is 27.1. The highest BCUT2D eigenvalue weighted by atomic mass is 28.4. The molecule has 2 aromatic heterocycles. The number of hydrogen-bond acceptors (Lipinski definition) is 10. The Morgan fingerprint density at radius 2 is 0.986 bits per heavy atom. The molecule has 4 aliphatic heterocycles. The van der Waals surface area contributed by atoms with E-state index in [1.807, 2.05) is 104 Å². The number of benzene rings is 4. The molecule has 0 radical (unpaired) electrons. The molecule has 0 bridgehead atoms. The van der Waals surface area contributed by atoms with E-state index in [1.165, 1.54) is 63.0 Å². The van der Waals surface area contributed by atoms with Crippen molar-refractivity contribution in [2.45, 2.75) is 103 Å². The van der Waals surface area contributed by atoms with Crippen LogP contribution in [0.3, 0.4) is 0 Å². The van der Waals surface area contributed by atoms with Crippen molar-refractivity contribution in [3.05, 3.63) is 178 Å². The number of likely N-dealkylation sites (tertiary alicyclic amines) is 1. The van der Waals surface area contributed by atoms with Crippen molar-refractivity contribution in [1.82, 2.24) is 19.4 Å². The Bertz CT molecular complexity index is 2870. The fourth-order valence-corrected chi connectivity index (χ4v) is 12.5. The summed E-state index contributed by atoms with van der Waals surface area (Å²) in [5, 5.41) is 3.45. The van der Waals surface area contributed by atoms with Gasteiger partial charge in [0, 0.05) is 110 Å². The fourth-order valence-electron chi connectivity index (χ4n) is 11.1. The highest BCUT2D eigenvalue weighted by Gasteiger charge is 2.48. The van der Waals surface area contributed by atoms with Crippen LogP contribution in [0.5, 0.6) is 11.5 Å². The number of rotatable bonds is 15. The van der Waals surface area contributed by atoms with Gasteiger partial charge in [-0.2, -0.15) is 0 Å². The highest BCUT2D eigenvalue weighted by molar-refractivity contribution is 6.69. The van der Waals surface area contributed by atoms with Crippen molar-refractivity contribution in [2.24, 2.45) is 10.8 Å². The molecule has 12 nitrogen and oxygen atoms in total. The van der Waals surface area contributed by atoms with Crippen molar-refractivity contribution in [1.29, 1.82) is 0 Å². The molecule has 13 heteroatoms. The lowest BCUT2D eigenvalue weighted by atomic mass is 9.71. The number of nitrogens with zero attached hydrogens (tertiary/aromatic N) is 5. The van der Waals surface area contributed by atoms with Crippen LogP contribution in [-0.2, 0) is 22.4 Å². The molecule has 74 heavy (non-hydrogen) atoms. The average molecular weight is 1020 g/mol. The van der Waals surface area contributed by atoms with Crippen molar-refractivity contribution in [3.8, 4) is 22.9 Å². The van der Waals surface area contributed by atoms with Crippen molar-refractivity contribution >= 4 is 19.7 Å². The van der Waals surface area contributed by atoms with E-state index in [4.69, 9.17) is 18.6 Å². The van der Waals surface area contributed by atoms with Gasteiger partial charge in [0.2, 0.25) is 0 Å². The molecule has 2 spiro atoms. The average Bonchev–Trinajstić information content (AvgIpc) is 4.36. The number of hydrogen-bond donors (Lipinski definition) is 1. The van der Waals surface area contributed by atoms with Crippen molar-refractivity contribution in [2.75, 3.05) is 68.8 Å². The van der Waals surface area contributed by atoms with E-state index in [2.05, 4.69) is 63.9 Å². The van der Waals surface area contributed by atoms with E-state index >= 15 is 0 Å². The Hall–Kier alpha value is -5.96. The van der Waals surface area contributed by atoms with Crippen molar-refractivity contribution in [3.63, 3.8) is 0 Å². The SMILES string of the molecule is CCOC1(O[Si](C)(C)C)CC1.O=c1cc(OCc2ccccc2)ccn1-c1ccc(N2CC3(CCN(C4CC4)CC3)C2)cc1.O=c1cc(OCc2ccccc2)ccn1-c1ccc(N2CC3(CCNCC3)C2)cc1. The first-order chi connectivity index (χ1) is 35.9. The lowest BCUT2D eigenvalue weighted by molar-refractivity contribution is -0.106. The normalized spacial score (nSPS) is 19.2. The van der Waals surface area contributed by atoms with Gasteiger partial charge in [0.05, 0.1) is 0 Å².